The second-order valence-corrected chi connectivity index (χ2v) is 7.51. The number of carbonyl (C=O) groups is 2. The van der Waals surface area contributed by atoms with Crippen molar-refractivity contribution < 1.29 is 23.1 Å². The SMILES string of the molecule is CS(=O)(=O)CCC(=O)N1CCCC(CNCC(=O)O)C1. The highest BCUT2D eigenvalue weighted by Gasteiger charge is 2.23. The summed E-state index contributed by atoms with van der Waals surface area (Å²) < 4.78 is 22.1. The van der Waals surface area contributed by atoms with E-state index >= 15 is 0 Å². The number of carboxylic acids is 1. The van der Waals surface area contributed by atoms with Gasteiger partial charge in [-0.15, -0.1) is 0 Å². The molecule has 1 amide bonds. The van der Waals surface area contributed by atoms with Crippen molar-refractivity contribution in [3.8, 4) is 0 Å². The second kappa shape index (κ2) is 7.58. The maximum Gasteiger partial charge on any atom is 0.317 e. The Labute approximate surface area is 119 Å². The maximum absolute atomic E-state index is 11.9. The number of aliphatic carboxylic acids is 1. The average Bonchev–Trinajstić information content (AvgIpc) is 2.35. The minimum Gasteiger partial charge on any atom is -0.480 e. The number of hydrogen-bond donors (Lipinski definition) is 2. The van der Waals surface area contributed by atoms with Crippen LogP contribution in [0, 0.1) is 5.92 Å². The number of carbonyl (C=O) groups excluding carboxylic acids is 1. The van der Waals surface area contributed by atoms with Gasteiger partial charge in [-0.25, -0.2) is 8.42 Å². The quantitative estimate of drug-likeness (QED) is 0.647. The minimum absolute atomic E-state index is 0.0219. The summed E-state index contributed by atoms with van der Waals surface area (Å²) in [6.07, 6.45) is 2.95. The summed E-state index contributed by atoms with van der Waals surface area (Å²) in [5.41, 5.74) is 0. The van der Waals surface area contributed by atoms with Crippen molar-refractivity contribution in [1.82, 2.24) is 10.2 Å². The standard InChI is InChI=1S/C12H22N2O5S/c1-20(18,19)6-4-11(15)14-5-2-3-10(9-14)7-13-8-12(16)17/h10,13H,2-9H2,1H3,(H,16,17). The molecule has 7 nitrogen and oxygen atoms in total. The highest BCUT2D eigenvalue weighted by Crippen LogP contribution is 2.16. The first kappa shape index (κ1) is 16.9. The number of hydrogen-bond acceptors (Lipinski definition) is 5. The van der Waals surface area contributed by atoms with Crippen molar-refractivity contribution in [3.05, 3.63) is 0 Å². The predicted octanol–water partition coefficient (Wildman–Crippen LogP) is -0.666. The van der Waals surface area contributed by atoms with E-state index in [1.165, 1.54) is 0 Å². The number of amides is 1. The van der Waals surface area contributed by atoms with Gasteiger partial charge in [0, 0.05) is 32.3 Å². The molecule has 0 bridgehead atoms. The van der Waals surface area contributed by atoms with E-state index in [-0.39, 0.29) is 30.5 Å². The van der Waals surface area contributed by atoms with Crippen molar-refractivity contribution in [2.75, 3.05) is 38.2 Å². The second-order valence-electron chi connectivity index (χ2n) is 5.25. The molecule has 0 radical (unpaired) electrons. The Hall–Kier alpha value is -1.15. The van der Waals surface area contributed by atoms with Gasteiger partial charge in [0.05, 0.1) is 12.3 Å². The summed E-state index contributed by atoms with van der Waals surface area (Å²) in [7, 11) is -3.12. The zero-order valence-corrected chi connectivity index (χ0v) is 12.5. The molecule has 1 fully saturated rings. The van der Waals surface area contributed by atoms with Crippen LogP contribution in [0.5, 0.6) is 0 Å². The molecule has 1 aliphatic heterocycles. The van der Waals surface area contributed by atoms with Crippen LogP contribution in [0.1, 0.15) is 19.3 Å². The fourth-order valence-electron chi connectivity index (χ4n) is 2.27. The topological polar surface area (TPSA) is 104 Å². The lowest BCUT2D eigenvalue weighted by atomic mass is 9.98. The summed E-state index contributed by atoms with van der Waals surface area (Å²) in [4.78, 5) is 24.0. The normalized spacial score (nSPS) is 19.9. The summed E-state index contributed by atoms with van der Waals surface area (Å²) >= 11 is 0. The zero-order chi connectivity index (χ0) is 15.2. The maximum atomic E-state index is 11.9. The van der Waals surface area contributed by atoms with Crippen LogP contribution in [-0.4, -0.2) is 68.5 Å². The number of rotatable bonds is 7. The molecule has 1 saturated heterocycles. The number of likely N-dealkylation sites (tertiary alicyclic amines) is 1. The van der Waals surface area contributed by atoms with Gasteiger partial charge in [0.2, 0.25) is 5.91 Å². The molecule has 1 atom stereocenters. The molecule has 20 heavy (non-hydrogen) atoms. The lowest BCUT2D eigenvalue weighted by molar-refractivity contribution is -0.136. The number of nitrogens with zero attached hydrogens (tertiary/aromatic N) is 1. The van der Waals surface area contributed by atoms with E-state index in [1.54, 1.807) is 4.90 Å². The molecule has 0 saturated carbocycles. The van der Waals surface area contributed by atoms with Crippen molar-refractivity contribution in [3.63, 3.8) is 0 Å². The minimum atomic E-state index is -3.12. The van der Waals surface area contributed by atoms with Crippen molar-refractivity contribution in [1.29, 1.82) is 0 Å². The van der Waals surface area contributed by atoms with Crippen LogP contribution < -0.4 is 5.32 Å². The molecule has 0 spiro atoms. The zero-order valence-electron chi connectivity index (χ0n) is 11.7. The van der Waals surface area contributed by atoms with E-state index in [2.05, 4.69) is 5.32 Å². The molecule has 116 valence electrons. The Morgan fingerprint density at radius 3 is 2.70 bits per heavy atom. The first-order valence-electron chi connectivity index (χ1n) is 6.66. The summed E-state index contributed by atoms with van der Waals surface area (Å²) in [5, 5.41) is 11.4. The lowest BCUT2D eigenvalue weighted by Crippen LogP contribution is -2.43. The first-order chi connectivity index (χ1) is 9.28. The Bertz CT molecular complexity index is 449. The highest BCUT2D eigenvalue weighted by molar-refractivity contribution is 7.90. The number of piperidine rings is 1. The smallest absolute Gasteiger partial charge is 0.317 e. The van der Waals surface area contributed by atoms with Crippen LogP contribution >= 0.6 is 0 Å². The summed E-state index contributed by atoms with van der Waals surface area (Å²) in [6, 6.07) is 0. The fourth-order valence-corrected chi connectivity index (χ4v) is 2.82. The van der Waals surface area contributed by atoms with Gasteiger partial charge in [0.15, 0.2) is 0 Å². The van der Waals surface area contributed by atoms with Gasteiger partial charge in [-0.1, -0.05) is 0 Å². The number of sulfone groups is 1. The van der Waals surface area contributed by atoms with Gasteiger partial charge in [-0.3, -0.25) is 9.59 Å². The van der Waals surface area contributed by atoms with Gasteiger partial charge in [-0.2, -0.15) is 0 Å². The third-order valence-corrected chi connectivity index (χ3v) is 4.21. The van der Waals surface area contributed by atoms with Crippen LogP contribution in [0.3, 0.4) is 0 Å². The van der Waals surface area contributed by atoms with E-state index in [9.17, 15) is 18.0 Å². The monoisotopic (exact) mass is 306 g/mol. The predicted molar refractivity (Wildman–Crippen MR) is 74.1 cm³/mol. The Morgan fingerprint density at radius 1 is 1.40 bits per heavy atom. The van der Waals surface area contributed by atoms with Crippen molar-refractivity contribution in [2.45, 2.75) is 19.3 Å². The van der Waals surface area contributed by atoms with E-state index in [0.717, 1.165) is 19.1 Å². The molecule has 0 aliphatic carbocycles. The molecular weight excluding hydrogens is 284 g/mol. The third kappa shape index (κ3) is 6.85. The van der Waals surface area contributed by atoms with Crippen LogP contribution in [0.15, 0.2) is 0 Å². The molecule has 0 aromatic rings. The van der Waals surface area contributed by atoms with Crippen LogP contribution in [0.25, 0.3) is 0 Å². The third-order valence-electron chi connectivity index (χ3n) is 3.27. The Morgan fingerprint density at radius 2 is 2.10 bits per heavy atom. The van der Waals surface area contributed by atoms with Gasteiger partial charge in [0.1, 0.15) is 9.84 Å². The highest BCUT2D eigenvalue weighted by atomic mass is 32.2. The van der Waals surface area contributed by atoms with Gasteiger partial charge in [-0.05, 0) is 18.8 Å². The molecule has 8 heteroatoms. The number of carboxylic acid groups (broad SMARTS) is 1. The van der Waals surface area contributed by atoms with Crippen LogP contribution in [-0.2, 0) is 19.4 Å². The molecule has 1 aliphatic rings. The average molecular weight is 306 g/mol. The molecule has 1 unspecified atom stereocenters. The van der Waals surface area contributed by atoms with Gasteiger partial charge in [0.25, 0.3) is 0 Å². The summed E-state index contributed by atoms with van der Waals surface area (Å²) in [6.45, 7) is 1.69. The van der Waals surface area contributed by atoms with E-state index in [1.807, 2.05) is 0 Å². The first-order valence-corrected chi connectivity index (χ1v) is 8.72. The van der Waals surface area contributed by atoms with E-state index < -0.39 is 15.8 Å². The Balaban J connectivity index is 2.36. The van der Waals surface area contributed by atoms with Gasteiger partial charge < -0.3 is 15.3 Å². The number of nitrogens with one attached hydrogen (secondary N) is 1. The van der Waals surface area contributed by atoms with Crippen LogP contribution in [0.2, 0.25) is 0 Å². The van der Waals surface area contributed by atoms with Gasteiger partial charge >= 0.3 is 5.97 Å². The molecule has 2 N–H and O–H groups in total. The molecule has 1 rings (SSSR count). The molecule has 1 heterocycles. The molecule has 0 aromatic carbocycles. The Kier molecular flexibility index (Phi) is 6.41. The summed E-state index contributed by atoms with van der Waals surface area (Å²) in [5.74, 6) is -0.935. The molecule has 0 aromatic heterocycles. The van der Waals surface area contributed by atoms with E-state index in [4.69, 9.17) is 5.11 Å². The fraction of sp³-hybridized carbons (Fsp3) is 0.833. The largest absolute Gasteiger partial charge is 0.480 e. The lowest BCUT2D eigenvalue weighted by Gasteiger charge is -2.33. The van der Waals surface area contributed by atoms with Crippen LogP contribution in [0.4, 0.5) is 0 Å². The van der Waals surface area contributed by atoms with Crippen molar-refractivity contribution in [2.24, 2.45) is 5.92 Å². The van der Waals surface area contributed by atoms with Crippen molar-refractivity contribution >= 4 is 21.7 Å². The molecular formula is C12H22N2O5S. The van der Waals surface area contributed by atoms with E-state index in [0.29, 0.717) is 19.6 Å².